The summed E-state index contributed by atoms with van der Waals surface area (Å²) in [7, 11) is 1.66. The summed E-state index contributed by atoms with van der Waals surface area (Å²) in [6.07, 6.45) is 4.95. The lowest BCUT2D eigenvalue weighted by Gasteiger charge is -2.16. The fourth-order valence-electron chi connectivity index (χ4n) is 3.70. The largest absolute Gasteiger partial charge is 0.493 e. The Bertz CT molecular complexity index is 730. The van der Waals surface area contributed by atoms with Crippen LogP contribution in [0.1, 0.15) is 19.3 Å². The van der Waals surface area contributed by atoms with Crippen molar-refractivity contribution in [2.75, 3.05) is 33.4 Å². The molecule has 1 atom stereocenters. The number of hydrogen-bond donors (Lipinski definition) is 1. The molecule has 4 rings (SSSR count). The highest BCUT2D eigenvalue weighted by Crippen LogP contribution is 2.52. The summed E-state index contributed by atoms with van der Waals surface area (Å²) >= 11 is 0. The number of aliphatic hydroxyl groups excluding tert-OH is 1. The van der Waals surface area contributed by atoms with E-state index in [-0.39, 0.29) is 11.5 Å². The van der Waals surface area contributed by atoms with Crippen molar-refractivity contribution in [1.29, 1.82) is 0 Å². The third-order valence-corrected chi connectivity index (χ3v) is 5.33. The molecule has 1 aromatic heterocycles. The number of nitrogens with zero attached hydrogens (tertiary/aromatic N) is 2. The van der Waals surface area contributed by atoms with Gasteiger partial charge in [-0.25, -0.2) is 0 Å². The molecule has 1 spiro atoms. The van der Waals surface area contributed by atoms with Crippen LogP contribution >= 0.6 is 0 Å². The minimum absolute atomic E-state index is 0.134. The van der Waals surface area contributed by atoms with Crippen molar-refractivity contribution in [3.05, 3.63) is 30.5 Å². The van der Waals surface area contributed by atoms with Crippen LogP contribution in [0.3, 0.4) is 0 Å². The lowest BCUT2D eigenvalue weighted by atomic mass is 10.0. The Hall–Kier alpha value is -1.85. The Balaban J connectivity index is 1.33. The molecule has 0 amide bonds. The number of rotatable bonds is 6. The number of methoxy groups -OCH3 is 1. The van der Waals surface area contributed by atoms with E-state index in [0.717, 1.165) is 48.5 Å². The number of benzene rings is 1. The summed E-state index contributed by atoms with van der Waals surface area (Å²) in [5, 5.41) is 11.1. The van der Waals surface area contributed by atoms with E-state index in [1.807, 2.05) is 24.3 Å². The molecular weight excluding hydrogens is 304 g/mol. The topological polar surface area (TPSA) is 54.8 Å². The third kappa shape index (κ3) is 2.94. The van der Waals surface area contributed by atoms with Crippen LogP contribution in [-0.2, 0) is 0 Å². The molecule has 2 fully saturated rings. The van der Waals surface area contributed by atoms with Crippen LogP contribution < -0.4 is 9.47 Å². The van der Waals surface area contributed by atoms with Crippen molar-refractivity contribution < 1.29 is 14.6 Å². The van der Waals surface area contributed by atoms with E-state index in [9.17, 15) is 5.11 Å². The molecule has 1 unspecified atom stereocenters. The van der Waals surface area contributed by atoms with Gasteiger partial charge >= 0.3 is 0 Å². The summed E-state index contributed by atoms with van der Waals surface area (Å²) in [6.45, 7) is 3.45. The molecule has 1 aliphatic carbocycles. The number of β-amino-alcohol motifs (C(OH)–C–C–N with tert-alkyl or cyclic N) is 1. The number of ether oxygens (including phenoxy) is 2. The molecule has 2 heterocycles. The molecule has 24 heavy (non-hydrogen) atoms. The fraction of sp³-hybridized carbons (Fsp3) is 0.526. The van der Waals surface area contributed by atoms with Crippen LogP contribution in [0.2, 0.25) is 0 Å². The molecule has 1 aromatic carbocycles. The molecule has 2 aromatic rings. The molecule has 5 nitrogen and oxygen atoms in total. The fourth-order valence-corrected chi connectivity index (χ4v) is 3.70. The van der Waals surface area contributed by atoms with Crippen LogP contribution in [0.25, 0.3) is 10.9 Å². The summed E-state index contributed by atoms with van der Waals surface area (Å²) in [6, 6.07) is 7.83. The molecule has 1 saturated heterocycles. The number of pyridine rings is 1. The van der Waals surface area contributed by atoms with Gasteiger partial charge < -0.3 is 14.6 Å². The Kier molecular flexibility index (Phi) is 4.06. The molecule has 1 N–H and O–H groups in total. The first-order chi connectivity index (χ1) is 11.7. The van der Waals surface area contributed by atoms with Gasteiger partial charge in [-0.15, -0.1) is 0 Å². The number of hydrogen-bond acceptors (Lipinski definition) is 5. The van der Waals surface area contributed by atoms with E-state index in [1.54, 1.807) is 13.3 Å². The Morgan fingerprint density at radius 3 is 2.96 bits per heavy atom. The van der Waals surface area contributed by atoms with Gasteiger partial charge in [0.2, 0.25) is 0 Å². The lowest BCUT2D eigenvalue weighted by molar-refractivity contribution is 0.131. The Morgan fingerprint density at radius 1 is 1.33 bits per heavy atom. The minimum atomic E-state index is -0.134. The van der Waals surface area contributed by atoms with E-state index in [1.165, 1.54) is 12.8 Å². The molecule has 2 aliphatic rings. The second kappa shape index (κ2) is 6.22. The van der Waals surface area contributed by atoms with Gasteiger partial charge in [0.15, 0.2) is 11.5 Å². The number of aromatic nitrogens is 1. The van der Waals surface area contributed by atoms with Crippen molar-refractivity contribution in [3.8, 4) is 11.5 Å². The van der Waals surface area contributed by atoms with Crippen LogP contribution in [0.15, 0.2) is 30.5 Å². The van der Waals surface area contributed by atoms with Gasteiger partial charge in [0.1, 0.15) is 0 Å². The quantitative estimate of drug-likeness (QED) is 0.826. The molecule has 0 bridgehead atoms. The van der Waals surface area contributed by atoms with Gasteiger partial charge in [0, 0.05) is 42.7 Å². The van der Waals surface area contributed by atoms with Crippen molar-refractivity contribution in [3.63, 3.8) is 0 Å². The van der Waals surface area contributed by atoms with Gasteiger partial charge in [0.05, 0.1) is 25.3 Å². The van der Waals surface area contributed by atoms with Crippen LogP contribution in [0.4, 0.5) is 0 Å². The SMILES string of the molecule is COc1cc2cccnc2cc1OCCCN1CC(O)C2(CC2)C1. The number of aliphatic hydroxyl groups is 1. The van der Waals surface area contributed by atoms with E-state index in [2.05, 4.69) is 9.88 Å². The van der Waals surface area contributed by atoms with E-state index in [0.29, 0.717) is 6.61 Å². The average Bonchev–Trinajstić information content (AvgIpc) is 3.31. The normalized spacial score (nSPS) is 22.2. The predicted molar refractivity (Wildman–Crippen MR) is 92.5 cm³/mol. The smallest absolute Gasteiger partial charge is 0.163 e. The molecular formula is C19H24N2O3. The van der Waals surface area contributed by atoms with Gasteiger partial charge in [-0.1, -0.05) is 6.07 Å². The lowest BCUT2D eigenvalue weighted by Crippen LogP contribution is -2.24. The summed E-state index contributed by atoms with van der Waals surface area (Å²) in [5.41, 5.74) is 1.14. The maximum Gasteiger partial charge on any atom is 0.163 e. The molecule has 0 radical (unpaired) electrons. The first-order valence-electron chi connectivity index (χ1n) is 8.66. The number of likely N-dealkylation sites (tertiary alicyclic amines) is 1. The van der Waals surface area contributed by atoms with E-state index >= 15 is 0 Å². The first kappa shape index (κ1) is 15.7. The maximum absolute atomic E-state index is 10.1. The summed E-state index contributed by atoms with van der Waals surface area (Å²) < 4.78 is 11.4. The summed E-state index contributed by atoms with van der Waals surface area (Å²) in [4.78, 5) is 6.73. The van der Waals surface area contributed by atoms with Crippen molar-refractivity contribution in [1.82, 2.24) is 9.88 Å². The van der Waals surface area contributed by atoms with Crippen molar-refractivity contribution >= 4 is 10.9 Å². The molecule has 1 aliphatic heterocycles. The van der Waals surface area contributed by atoms with Crippen molar-refractivity contribution in [2.24, 2.45) is 5.41 Å². The predicted octanol–water partition coefficient (Wildman–Crippen LogP) is 2.47. The van der Waals surface area contributed by atoms with Crippen LogP contribution in [-0.4, -0.2) is 54.4 Å². The van der Waals surface area contributed by atoms with E-state index < -0.39 is 0 Å². The standard InChI is InChI=1S/C19H24N2O3/c1-23-16-10-14-4-2-7-20-15(14)11-17(16)24-9-3-8-21-12-18(22)19(13-21)5-6-19/h2,4,7,10-11,18,22H,3,5-6,8-9,12-13H2,1H3. The highest BCUT2D eigenvalue weighted by atomic mass is 16.5. The highest BCUT2D eigenvalue weighted by molar-refractivity contribution is 5.82. The average molecular weight is 328 g/mol. The zero-order valence-corrected chi connectivity index (χ0v) is 14.1. The van der Waals surface area contributed by atoms with Gasteiger partial charge in [-0.2, -0.15) is 0 Å². The van der Waals surface area contributed by atoms with E-state index in [4.69, 9.17) is 9.47 Å². The first-order valence-corrected chi connectivity index (χ1v) is 8.66. The molecule has 5 heteroatoms. The minimum Gasteiger partial charge on any atom is -0.493 e. The number of fused-ring (bicyclic) bond motifs is 1. The van der Waals surface area contributed by atoms with Crippen LogP contribution in [0.5, 0.6) is 11.5 Å². The third-order valence-electron chi connectivity index (χ3n) is 5.33. The molecule has 1 saturated carbocycles. The molecule has 128 valence electrons. The van der Waals surface area contributed by atoms with Crippen LogP contribution in [0, 0.1) is 5.41 Å². The zero-order valence-electron chi connectivity index (χ0n) is 14.1. The Morgan fingerprint density at radius 2 is 2.21 bits per heavy atom. The Labute approximate surface area is 142 Å². The maximum atomic E-state index is 10.1. The second-order valence-electron chi connectivity index (χ2n) is 7.01. The van der Waals surface area contributed by atoms with Gasteiger partial charge in [-0.05, 0) is 31.4 Å². The van der Waals surface area contributed by atoms with Gasteiger partial charge in [0.25, 0.3) is 0 Å². The second-order valence-corrected chi connectivity index (χ2v) is 7.01. The summed E-state index contributed by atoms with van der Waals surface area (Å²) in [5.74, 6) is 1.48. The highest BCUT2D eigenvalue weighted by Gasteiger charge is 2.54. The monoisotopic (exact) mass is 328 g/mol. The van der Waals surface area contributed by atoms with Gasteiger partial charge in [-0.3, -0.25) is 9.88 Å². The zero-order chi connectivity index (χ0) is 16.6. The van der Waals surface area contributed by atoms with Crippen molar-refractivity contribution in [2.45, 2.75) is 25.4 Å².